The van der Waals surface area contributed by atoms with E-state index in [1.807, 2.05) is 12.1 Å². The first-order valence-corrected chi connectivity index (χ1v) is 6.45. The zero-order chi connectivity index (χ0) is 15.4. The van der Waals surface area contributed by atoms with Crippen molar-refractivity contribution in [2.24, 2.45) is 0 Å². The highest BCUT2D eigenvalue weighted by molar-refractivity contribution is 6.33. The molecule has 1 heterocycles. The third-order valence-electron chi connectivity index (χ3n) is 2.91. The second kappa shape index (κ2) is 6.32. The minimum Gasteiger partial charge on any atom is -0.337 e. The molecule has 2 rings (SSSR count). The third-order valence-corrected chi connectivity index (χ3v) is 3.21. The molecule has 0 N–H and O–H groups in total. The lowest BCUT2D eigenvalue weighted by atomic mass is 10.1. The molecule has 1 aromatic carbocycles. The summed E-state index contributed by atoms with van der Waals surface area (Å²) in [6.07, 6.45) is 3.30. The van der Waals surface area contributed by atoms with Crippen LogP contribution in [0.25, 0.3) is 0 Å². The van der Waals surface area contributed by atoms with E-state index in [4.69, 9.17) is 11.6 Å². The number of carbonyl (C=O) groups is 1. The number of nitro groups is 1. The maximum atomic E-state index is 12.3. The molecule has 108 valence electrons. The highest BCUT2D eigenvalue weighted by Gasteiger charge is 2.17. The predicted molar refractivity (Wildman–Crippen MR) is 78.1 cm³/mol. The molecule has 0 saturated carbocycles. The molecule has 1 aromatic heterocycles. The molecule has 0 unspecified atom stereocenters. The summed E-state index contributed by atoms with van der Waals surface area (Å²) in [5, 5.41) is 10.6. The van der Waals surface area contributed by atoms with Crippen molar-refractivity contribution in [3.8, 4) is 0 Å². The maximum Gasteiger partial charge on any atom is 0.287 e. The number of pyridine rings is 1. The Kier molecular flexibility index (Phi) is 4.49. The van der Waals surface area contributed by atoms with Crippen LogP contribution >= 0.6 is 11.6 Å². The highest BCUT2D eigenvalue weighted by Crippen LogP contribution is 2.25. The van der Waals surface area contributed by atoms with Gasteiger partial charge in [0.2, 0.25) is 0 Å². The van der Waals surface area contributed by atoms with Gasteiger partial charge in [-0.2, -0.15) is 0 Å². The molecule has 0 aliphatic carbocycles. The standard InChI is InChI=1S/C14H12ClN3O3/c1-17(9-10-4-6-16-7-5-10)14(19)11-2-3-13(18(20)21)12(15)8-11/h2-8H,9H2,1H3. The summed E-state index contributed by atoms with van der Waals surface area (Å²) in [7, 11) is 1.65. The average molecular weight is 306 g/mol. The van der Waals surface area contributed by atoms with E-state index >= 15 is 0 Å². The molecule has 1 amide bonds. The second-order valence-electron chi connectivity index (χ2n) is 4.44. The number of amides is 1. The first-order chi connectivity index (χ1) is 9.99. The number of benzene rings is 1. The Morgan fingerprint density at radius 1 is 1.33 bits per heavy atom. The number of aromatic nitrogens is 1. The summed E-state index contributed by atoms with van der Waals surface area (Å²) in [6, 6.07) is 7.56. The molecule has 21 heavy (non-hydrogen) atoms. The van der Waals surface area contributed by atoms with Gasteiger partial charge in [0.25, 0.3) is 11.6 Å². The Morgan fingerprint density at radius 3 is 2.57 bits per heavy atom. The lowest BCUT2D eigenvalue weighted by Gasteiger charge is -2.17. The van der Waals surface area contributed by atoms with E-state index in [1.54, 1.807) is 19.4 Å². The van der Waals surface area contributed by atoms with Crippen LogP contribution in [-0.4, -0.2) is 27.8 Å². The van der Waals surface area contributed by atoms with Crippen molar-refractivity contribution in [1.82, 2.24) is 9.88 Å². The molecule has 7 heteroatoms. The summed E-state index contributed by atoms with van der Waals surface area (Å²) in [4.78, 5) is 27.8. The first kappa shape index (κ1) is 14.9. The van der Waals surface area contributed by atoms with Crippen LogP contribution in [-0.2, 0) is 6.54 Å². The lowest BCUT2D eigenvalue weighted by Crippen LogP contribution is -2.26. The Hall–Kier alpha value is -2.47. The minimum atomic E-state index is -0.586. The summed E-state index contributed by atoms with van der Waals surface area (Å²) in [5.41, 5.74) is 1.03. The molecule has 0 radical (unpaired) electrons. The molecule has 6 nitrogen and oxygen atoms in total. The average Bonchev–Trinajstić information content (AvgIpc) is 2.47. The van der Waals surface area contributed by atoms with Gasteiger partial charge < -0.3 is 4.90 Å². The van der Waals surface area contributed by atoms with Crippen LogP contribution in [0.5, 0.6) is 0 Å². The number of hydrogen-bond donors (Lipinski definition) is 0. The van der Waals surface area contributed by atoms with E-state index < -0.39 is 4.92 Å². The van der Waals surface area contributed by atoms with Gasteiger partial charge >= 0.3 is 0 Å². The van der Waals surface area contributed by atoms with Crippen molar-refractivity contribution in [3.05, 3.63) is 69.0 Å². The van der Waals surface area contributed by atoms with Crippen LogP contribution in [0.3, 0.4) is 0 Å². The molecule has 2 aromatic rings. The SMILES string of the molecule is CN(Cc1ccncc1)C(=O)c1ccc([N+](=O)[O-])c(Cl)c1. The smallest absolute Gasteiger partial charge is 0.287 e. The zero-order valence-electron chi connectivity index (χ0n) is 11.2. The van der Waals surface area contributed by atoms with Crippen molar-refractivity contribution in [2.75, 3.05) is 7.05 Å². The Labute approximate surface area is 126 Å². The Balaban J connectivity index is 2.16. The van der Waals surface area contributed by atoms with Crippen LogP contribution in [0.4, 0.5) is 5.69 Å². The fraction of sp³-hybridized carbons (Fsp3) is 0.143. The van der Waals surface area contributed by atoms with Gasteiger partial charge in [-0.15, -0.1) is 0 Å². The number of rotatable bonds is 4. The van der Waals surface area contributed by atoms with Gasteiger partial charge in [0.15, 0.2) is 0 Å². The normalized spacial score (nSPS) is 10.2. The van der Waals surface area contributed by atoms with Crippen molar-refractivity contribution < 1.29 is 9.72 Å². The molecule has 0 spiro atoms. The molecule has 0 aliphatic rings. The van der Waals surface area contributed by atoms with Gasteiger partial charge in [0.05, 0.1) is 4.92 Å². The molecule has 0 atom stereocenters. The van der Waals surface area contributed by atoms with Gasteiger partial charge in [-0.25, -0.2) is 0 Å². The van der Waals surface area contributed by atoms with E-state index in [2.05, 4.69) is 4.98 Å². The van der Waals surface area contributed by atoms with Crippen LogP contribution in [0.15, 0.2) is 42.7 Å². The third kappa shape index (κ3) is 3.55. The quantitative estimate of drug-likeness (QED) is 0.643. The summed E-state index contributed by atoms with van der Waals surface area (Å²) >= 11 is 5.81. The van der Waals surface area contributed by atoms with E-state index in [9.17, 15) is 14.9 Å². The fourth-order valence-electron chi connectivity index (χ4n) is 1.84. The van der Waals surface area contributed by atoms with E-state index in [1.165, 1.54) is 23.1 Å². The van der Waals surface area contributed by atoms with Gasteiger partial charge in [0, 0.05) is 37.6 Å². The van der Waals surface area contributed by atoms with Gasteiger partial charge in [-0.1, -0.05) is 11.6 Å². The molecule has 0 aliphatic heterocycles. The minimum absolute atomic E-state index is 0.0526. The molecule has 0 bridgehead atoms. The van der Waals surface area contributed by atoms with Crippen LogP contribution in [0.1, 0.15) is 15.9 Å². The van der Waals surface area contributed by atoms with Crippen molar-refractivity contribution >= 4 is 23.2 Å². The predicted octanol–water partition coefficient (Wildman–Crippen LogP) is 2.92. The van der Waals surface area contributed by atoms with E-state index in [0.29, 0.717) is 12.1 Å². The first-order valence-electron chi connectivity index (χ1n) is 6.07. The summed E-state index contributed by atoms with van der Waals surface area (Å²) in [5.74, 6) is -0.261. The molecular weight excluding hydrogens is 294 g/mol. The van der Waals surface area contributed by atoms with Gasteiger partial charge in [-0.05, 0) is 29.8 Å². The Bertz CT molecular complexity index is 676. The lowest BCUT2D eigenvalue weighted by molar-refractivity contribution is -0.384. The van der Waals surface area contributed by atoms with Crippen LogP contribution in [0.2, 0.25) is 5.02 Å². The number of hydrogen-bond acceptors (Lipinski definition) is 4. The van der Waals surface area contributed by atoms with Crippen molar-refractivity contribution in [1.29, 1.82) is 0 Å². The summed E-state index contributed by atoms with van der Waals surface area (Å²) < 4.78 is 0. The maximum absolute atomic E-state index is 12.3. The fourth-order valence-corrected chi connectivity index (χ4v) is 2.09. The second-order valence-corrected chi connectivity index (χ2v) is 4.85. The molecular formula is C14H12ClN3O3. The van der Waals surface area contributed by atoms with Crippen molar-refractivity contribution in [3.63, 3.8) is 0 Å². The molecule has 0 saturated heterocycles. The Morgan fingerprint density at radius 2 is 2.00 bits per heavy atom. The van der Waals surface area contributed by atoms with Crippen molar-refractivity contribution in [2.45, 2.75) is 6.54 Å². The number of halogens is 1. The molecule has 0 fully saturated rings. The topological polar surface area (TPSA) is 76.3 Å². The van der Waals surface area contributed by atoms with Crippen LogP contribution in [0, 0.1) is 10.1 Å². The monoisotopic (exact) mass is 305 g/mol. The van der Waals surface area contributed by atoms with Gasteiger partial charge in [-0.3, -0.25) is 19.9 Å². The van der Waals surface area contributed by atoms with Gasteiger partial charge in [0.1, 0.15) is 5.02 Å². The number of carbonyl (C=O) groups excluding carboxylic acids is 1. The largest absolute Gasteiger partial charge is 0.337 e. The number of nitrogens with zero attached hydrogens (tertiary/aromatic N) is 3. The van der Waals surface area contributed by atoms with Crippen LogP contribution < -0.4 is 0 Å². The van der Waals surface area contributed by atoms with E-state index in [-0.39, 0.29) is 16.6 Å². The van der Waals surface area contributed by atoms with E-state index in [0.717, 1.165) is 5.56 Å². The zero-order valence-corrected chi connectivity index (χ0v) is 11.9. The highest BCUT2D eigenvalue weighted by atomic mass is 35.5. The summed E-state index contributed by atoms with van der Waals surface area (Å²) in [6.45, 7) is 0.413. The number of nitro benzene ring substituents is 1.